The highest BCUT2D eigenvalue weighted by molar-refractivity contribution is 5.83. The molecule has 0 aromatic heterocycles. The number of nitrogens with one attached hydrogen (secondary N) is 1. The zero-order valence-corrected chi connectivity index (χ0v) is 12.9. The fourth-order valence-corrected chi connectivity index (χ4v) is 3.06. The van der Waals surface area contributed by atoms with Crippen LogP contribution in [0.4, 0.5) is 0 Å². The van der Waals surface area contributed by atoms with Crippen LogP contribution in [-0.4, -0.2) is 37.5 Å². The van der Waals surface area contributed by atoms with E-state index in [1.165, 1.54) is 5.56 Å². The van der Waals surface area contributed by atoms with Crippen molar-refractivity contribution in [3.8, 4) is 0 Å². The van der Waals surface area contributed by atoms with Crippen molar-refractivity contribution in [2.45, 2.75) is 26.7 Å². The molecule has 0 radical (unpaired) electrons. The van der Waals surface area contributed by atoms with Crippen LogP contribution in [0, 0.1) is 11.3 Å². The van der Waals surface area contributed by atoms with Crippen LogP contribution in [-0.2, 0) is 11.2 Å². The summed E-state index contributed by atoms with van der Waals surface area (Å²) in [6.07, 6.45) is 1.88. The summed E-state index contributed by atoms with van der Waals surface area (Å²) in [4.78, 5) is 14.7. The molecule has 1 N–H and O–H groups in total. The molecular formula is C17H26N2O. The third-order valence-electron chi connectivity index (χ3n) is 4.64. The Morgan fingerprint density at radius 3 is 2.60 bits per heavy atom. The number of hydrogen-bond donors (Lipinski definition) is 1. The van der Waals surface area contributed by atoms with Crippen molar-refractivity contribution < 1.29 is 4.79 Å². The molecular weight excluding hydrogens is 248 g/mol. The van der Waals surface area contributed by atoms with E-state index < -0.39 is 0 Å². The van der Waals surface area contributed by atoms with Gasteiger partial charge in [0.1, 0.15) is 0 Å². The Morgan fingerprint density at radius 2 is 2.05 bits per heavy atom. The second-order valence-electron chi connectivity index (χ2n) is 6.20. The number of benzene rings is 1. The van der Waals surface area contributed by atoms with Crippen molar-refractivity contribution in [3.63, 3.8) is 0 Å². The quantitative estimate of drug-likeness (QED) is 0.893. The Morgan fingerprint density at radius 1 is 1.35 bits per heavy atom. The minimum Gasteiger partial charge on any atom is -0.345 e. The van der Waals surface area contributed by atoms with Crippen LogP contribution in [0.25, 0.3) is 0 Å². The number of rotatable bonds is 5. The molecule has 1 saturated heterocycles. The lowest BCUT2D eigenvalue weighted by Crippen LogP contribution is -2.47. The molecule has 1 aromatic rings. The standard InChI is InChI=1S/C17H26N2O/c1-14(2)17(10-11-18-13-17)16(20)19(3)12-9-15-7-5-4-6-8-15/h4-8,14,18H,9-13H2,1-3H3. The molecule has 20 heavy (non-hydrogen) atoms. The van der Waals surface area contributed by atoms with Crippen LogP contribution >= 0.6 is 0 Å². The summed E-state index contributed by atoms with van der Waals surface area (Å²) in [5.74, 6) is 0.678. The van der Waals surface area contributed by atoms with E-state index in [9.17, 15) is 4.79 Å². The number of hydrogen-bond acceptors (Lipinski definition) is 2. The molecule has 1 amide bonds. The second kappa shape index (κ2) is 6.40. The Kier molecular flexibility index (Phi) is 4.81. The molecule has 0 aliphatic carbocycles. The van der Waals surface area contributed by atoms with Gasteiger partial charge in [-0.2, -0.15) is 0 Å². The summed E-state index contributed by atoms with van der Waals surface area (Å²) < 4.78 is 0. The zero-order valence-electron chi connectivity index (χ0n) is 12.9. The van der Waals surface area contributed by atoms with E-state index in [0.717, 1.165) is 32.5 Å². The van der Waals surface area contributed by atoms with E-state index in [-0.39, 0.29) is 5.41 Å². The lowest BCUT2D eigenvalue weighted by molar-refractivity contribution is -0.142. The summed E-state index contributed by atoms with van der Waals surface area (Å²) in [7, 11) is 1.94. The summed E-state index contributed by atoms with van der Waals surface area (Å²) >= 11 is 0. The minimum atomic E-state index is -0.203. The van der Waals surface area contributed by atoms with Crippen LogP contribution in [0.2, 0.25) is 0 Å². The second-order valence-corrected chi connectivity index (χ2v) is 6.20. The molecule has 1 heterocycles. The smallest absolute Gasteiger partial charge is 0.230 e. The zero-order chi connectivity index (χ0) is 14.6. The number of nitrogens with zero attached hydrogens (tertiary/aromatic N) is 1. The predicted molar refractivity (Wildman–Crippen MR) is 82.5 cm³/mol. The van der Waals surface area contributed by atoms with Crippen molar-refractivity contribution in [3.05, 3.63) is 35.9 Å². The third kappa shape index (κ3) is 3.04. The highest BCUT2D eigenvalue weighted by Crippen LogP contribution is 2.35. The molecule has 1 atom stereocenters. The first-order chi connectivity index (χ1) is 9.56. The molecule has 1 aliphatic rings. The largest absolute Gasteiger partial charge is 0.345 e. The van der Waals surface area contributed by atoms with E-state index in [2.05, 4.69) is 31.3 Å². The molecule has 3 nitrogen and oxygen atoms in total. The number of carbonyl (C=O) groups is 1. The first-order valence-electron chi connectivity index (χ1n) is 7.56. The topological polar surface area (TPSA) is 32.3 Å². The van der Waals surface area contributed by atoms with Crippen LogP contribution in [0.3, 0.4) is 0 Å². The summed E-state index contributed by atoms with van der Waals surface area (Å²) in [6.45, 7) is 6.89. The van der Waals surface area contributed by atoms with E-state index in [0.29, 0.717) is 11.8 Å². The van der Waals surface area contributed by atoms with Gasteiger partial charge in [0.25, 0.3) is 0 Å². The number of carbonyl (C=O) groups excluding carboxylic acids is 1. The lowest BCUT2D eigenvalue weighted by atomic mass is 9.75. The van der Waals surface area contributed by atoms with Crippen LogP contribution in [0.1, 0.15) is 25.8 Å². The van der Waals surface area contributed by atoms with Crippen molar-refractivity contribution >= 4 is 5.91 Å². The van der Waals surface area contributed by atoms with Gasteiger partial charge in [0.05, 0.1) is 5.41 Å². The molecule has 0 saturated carbocycles. The van der Waals surface area contributed by atoms with Gasteiger partial charge in [0.2, 0.25) is 5.91 Å². The first-order valence-corrected chi connectivity index (χ1v) is 7.56. The molecule has 0 bridgehead atoms. The van der Waals surface area contributed by atoms with Gasteiger partial charge < -0.3 is 10.2 Å². The highest BCUT2D eigenvalue weighted by Gasteiger charge is 2.45. The van der Waals surface area contributed by atoms with E-state index in [1.807, 2.05) is 30.1 Å². The fraction of sp³-hybridized carbons (Fsp3) is 0.588. The van der Waals surface area contributed by atoms with Crippen molar-refractivity contribution in [2.75, 3.05) is 26.7 Å². The van der Waals surface area contributed by atoms with Gasteiger partial charge in [-0.3, -0.25) is 4.79 Å². The first kappa shape index (κ1) is 15.0. The molecule has 1 unspecified atom stereocenters. The average molecular weight is 274 g/mol. The number of amides is 1. The van der Waals surface area contributed by atoms with Gasteiger partial charge in [-0.15, -0.1) is 0 Å². The maximum Gasteiger partial charge on any atom is 0.230 e. The van der Waals surface area contributed by atoms with Crippen LogP contribution < -0.4 is 5.32 Å². The lowest BCUT2D eigenvalue weighted by Gasteiger charge is -2.35. The summed E-state index contributed by atoms with van der Waals surface area (Å²) in [6, 6.07) is 10.4. The minimum absolute atomic E-state index is 0.203. The Labute approximate surface area is 122 Å². The molecule has 0 spiro atoms. The summed E-state index contributed by atoms with van der Waals surface area (Å²) in [5, 5.41) is 3.36. The monoisotopic (exact) mass is 274 g/mol. The van der Waals surface area contributed by atoms with Gasteiger partial charge in [-0.05, 0) is 30.9 Å². The van der Waals surface area contributed by atoms with Crippen LogP contribution in [0.15, 0.2) is 30.3 Å². The van der Waals surface area contributed by atoms with Crippen molar-refractivity contribution in [1.82, 2.24) is 10.2 Å². The summed E-state index contributed by atoms with van der Waals surface area (Å²) in [5.41, 5.74) is 1.08. The van der Waals surface area contributed by atoms with E-state index in [1.54, 1.807) is 0 Å². The Hall–Kier alpha value is -1.35. The van der Waals surface area contributed by atoms with Gasteiger partial charge in [0, 0.05) is 20.1 Å². The highest BCUT2D eigenvalue weighted by atomic mass is 16.2. The van der Waals surface area contributed by atoms with Crippen molar-refractivity contribution in [1.29, 1.82) is 0 Å². The Balaban J connectivity index is 1.97. The van der Waals surface area contributed by atoms with Gasteiger partial charge >= 0.3 is 0 Å². The van der Waals surface area contributed by atoms with Gasteiger partial charge in [-0.25, -0.2) is 0 Å². The van der Waals surface area contributed by atoms with Gasteiger partial charge in [-0.1, -0.05) is 44.2 Å². The molecule has 110 valence electrons. The molecule has 1 aliphatic heterocycles. The Bertz CT molecular complexity index is 436. The molecule has 1 aromatic carbocycles. The van der Waals surface area contributed by atoms with Crippen LogP contribution in [0.5, 0.6) is 0 Å². The molecule has 2 rings (SSSR count). The molecule has 1 fully saturated rings. The van der Waals surface area contributed by atoms with Crippen molar-refractivity contribution in [2.24, 2.45) is 11.3 Å². The maximum atomic E-state index is 12.8. The van der Waals surface area contributed by atoms with E-state index in [4.69, 9.17) is 0 Å². The maximum absolute atomic E-state index is 12.8. The molecule has 3 heteroatoms. The normalized spacial score (nSPS) is 22.2. The SMILES string of the molecule is CC(C)C1(C(=O)N(C)CCc2ccccc2)CCNC1. The third-order valence-corrected chi connectivity index (χ3v) is 4.64. The predicted octanol–water partition coefficient (Wildman–Crippen LogP) is 2.32. The van der Waals surface area contributed by atoms with Gasteiger partial charge in [0.15, 0.2) is 0 Å². The fourth-order valence-electron chi connectivity index (χ4n) is 3.06. The van der Waals surface area contributed by atoms with E-state index >= 15 is 0 Å². The number of likely N-dealkylation sites (N-methyl/N-ethyl adjacent to an activating group) is 1. The average Bonchev–Trinajstić information content (AvgIpc) is 2.96.